The zero-order valence-corrected chi connectivity index (χ0v) is 18.8. The lowest BCUT2D eigenvalue weighted by atomic mass is 9.88. The van der Waals surface area contributed by atoms with Gasteiger partial charge in [-0.25, -0.2) is 9.97 Å². The SMILES string of the molecule is Cc1ccc(C(=O)N2CCCC(c3nc(C(C)(C)C)ncc3-c3ccncc3)C2)cc1. The van der Waals surface area contributed by atoms with Gasteiger partial charge in [0.25, 0.3) is 5.91 Å². The Labute approximate surface area is 184 Å². The fourth-order valence-electron chi connectivity index (χ4n) is 4.08. The van der Waals surface area contributed by atoms with Gasteiger partial charge in [0.05, 0.1) is 5.69 Å². The lowest BCUT2D eigenvalue weighted by Gasteiger charge is -2.34. The molecule has 0 radical (unpaired) electrons. The van der Waals surface area contributed by atoms with Crippen molar-refractivity contribution < 1.29 is 4.79 Å². The van der Waals surface area contributed by atoms with Gasteiger partial charge in [-0.2, -0.15) is 0 Å². The lowest BCUT2D eigenvalue weighted by molar-refractivity contribution is 0.0706. The van der Waals surface area contributed by atoms with Gasteiger partial charge in [-0.05, 0) is 49.6 Å². The third-order valence-electron chi connectivity index (χ3n) is 5.87. The maximum absolute atomic E-state index is 13.2. The van der Waals surface area contributed by atoms with Crippen molar-refractivity contribution in [3.05, 3.63) is 77.6 Å². The maximum Gasteiger partial charge on any atom is 0.253 e. The van der Waals surface area contributed by atoms with E-state index < -0.39 is 0 Å². The van der Waals surface area contributed by atoms with Crippen LogP contribution in [0.4, 0.5) is 0 Å². The maximum atomic E-state index is 13.2. The van der Waals surface area contributed by atoms with E-state index in [1.165, 1.54) is 0 Å². The van der Waals surface area contributed by atoms with Crippen molar-refractivity contribution in [3.8, 4) is 11.1 Å². The summed E-state index contributed by atoms with van der Waals surface area (Å²) in [4.78, 5) is 29.0. The standard InChI is InChI=1S/C26H30N4O/c1-18-7-9-20(10-8-18)24(31)30-15-5-6-21(17-30)23-22(19-11-13-27-14-12-19)16-28-25(29-23)26(2,3)4/h7-14,16,21H,5-6,15,17H2,1-4H3. The van der Waals surface area contributed by atoms with E-state index in [9.17, 15) is 4.79 Å². The average molecular weight is 415 g/mol. The van der Waals surface area contributed by atoms with Crippen LogP contribution in [0.5, 0.6) is 0 Å². The minimum atomic E-state index is -0.141. The van der Waals surface area contributed by atoms with E-state index in [4.69, 9.17) is 4.98 Å². The van der Waals surface area contributed by atoms with Gasteiger partial charge in [-0.3, -0.25) is 9.78 Å². The van der Waals surface area contributed by atoms with Crippen LogP contribution < -0.4 is 0 Å². The summed E-state index contributed by atoms with van der Waals surface area (Å²) in [5, 5.41) is 0. The Morgan fingerprint density at radius 3 is 2.45 bits per heavy atom. The van der Waals surface area contributed by atoms with Crippen molar-refractivity contribution in [1.82, 2.24) is 19.9 Å². The molecule has 5 nitrogen and oxygen atoms in total. The van der Waals surface area contributed by atoms with Gasteiger partial charge in [0.2, 0.25) is 0 Å². The lowest BCUT2D eigenvalue weighted by Crippen LogP contribution is -2.39. The summed E-state index contributed by atoms with van der Waals surface area (Å²) in [7, 11) is 0. The van der Waals surface area contributed by atoms with Gasteiger partial charge >= 0.3 is 0 Å². The van der Waals surface area contributed by atoms with Gasteiger partial charge in [0.15, 0.2) is 0 Å². The van der Waals surface area contributed by atoms with Crippen LogP contribution in [0.15, 0.2) is 55.0 Å². The van der Waals surface area contributed by atoms with Gasteiger partial charge in [0, 0.05) is 54.1 Å². The molecule has 3 heterocycles. The molecule has 0 bridgehead atoms. The molecule has 0 spiro atoms. The highest BCUT2D eigenvalue weighted by atomic mass is 16.2. The van der Waals surface area contributed by atoms with E-state index in [1.807, 2.05) is 54.4 Å². The van der Waals surface area contributed by atoms with E-state index in [0.717, 1.165) is 53.2 Å². The molecule has 1 saturated heterocycles. The van der Waals surface area contributed by atoms with Crippen LogP contribution >= 0.6 is 0 Å². The minimum Gasteiger partial charge on any atom is -0.338 e. The van der Waals surface area contributed by atoms with Gasteiger partial charge in [-0.1, -0.05) is 38.5 Å². The summed E-state index contributed by atoms with van der Waals surface area (Å²) in [6.45, 7) is 9.88. The van der Waals surface area contributed by atoms with E-state index in [1.54, 1.807) is 12.4 Å². The van der Waals surface area contributed by atoms with Crippen LogP contribution in [0.1, 0.15) is 67.0 Å². The molecule has 1 fully saturated rings. The molecule has 5 heteroatoms. The number of likely N-dealkylation sites (tertiary alicyclic amines) is 1. The number of hydrogen-bond acceptors (Lipinski definition) is 4. The number of amides is 1. The smallest absolute Gasteiger partial charge is 0.253 e. The normalized spacial score (nSPS) is 16.9. The highest BCUT2D eigenvalue weighted by molar-refractivity contribution is 5.94. The quantitative estimate of drug-likeness (QED) is 0.594. The molecule has 1 aliphatic heterocycles. The topological polar surface area (TPSA) is 59.0 Å². The van der Waals surface area contributed by atoms with Crippen molar-refractivity contribution in [1.29, 1.82) is 0 Å². The van der Waals surface area contributed by atoms with Crippen molar-refractivity contribution >= 4 is 5.91 Å². The Kier molecular flexibility index (Phi) is 5.86. The summed E-state index contributed by atoms with van der Waals surface area (Å²) in [6.07, 6.45) is 7.51. The second-order valence-corrected chi connectivity index (χ2v) is 9.43. The molecule has 1 amide bonds. The van der Waals surface area contributed by atoms with E-state index >= 15 is 0 Å². The fourth-order valence-corrected chi connectivity index (χ4v) is 4.08. The fraction of sp³-hybridized carbons (Fsp3) is 0.385. The number of piperidine rings is 1. The van der Waals surface area contributed by atoms with E-state index in [2.05, 4.69) is 30.7 Å². The zero-order valence-electron chi connectivity index (χ0n) is 18.8. The highest BCUT2D eigenvalue weighted by Crippen LogP contribution is 2.34. The molecule has 1 aliphatic rings. The number of pyridine rings is 1. The molecular weight excluding hydrogens is 384 g/mol. The first-order chi connectivity index (χ1) is 14.8. The van der Waals surface area contributed by atoms with E-state index in [0.29, 0.717) is 6.54 Å². The third-order valence-corrected chi connectivity index (χ3v) is 5.87. The largest absolute Gasteiger partial charge is 0.338 e. The second kappa shape index (κ2) is 8.58. The van der Waals surface area contributed by atoms with Crippen LogP contribution in [-0.2, 0) is 5.41 Å². The molecule has 0 N–H and O–H groups in total. The molecule has 4 rings (SSSR count). The molecule has 0 saturated carbocycles. The second-order valence-electron chi connectivity index (χ2n) is 9.43. The van der Waals surface area contributed by atoms with Crippen LogP contribution in [0.3, 0.4) is 0 Å². The number of rotatable bonds is 3. The average Bonchev–Trinajstić information content (AvgIpc) is 2.79. The highest BCUT2D eigenvalue weighted by Gasteiger charge is 2.30. The predicted octanol–water partition coefficient (Wildman–Crippen LogP) is 5.16. The Bertz CT molecular complexity index is 1060. The Morgan fingerprint density at radius 2 is 1.77 bits per heavy atom. The van der Waals surface area contributed by atoms with E-state index in [-0.39, 0.29) is 17.2 Å². The van der Waals surface area contributed by atoms with Crippen molar-refractivity contribution in [2.45, 2.75) is 51.9 Å². The number of benzene rings is 1. The summed E-state index contributed by atoms with van der Waals surface area (Å²) < 4.78 is 0. The summed E-state index contributed by atoms with van der Waals surface area (Å²) >= 11 is 0. The van der Waals surface area contributed by atoms with Crippen LogP contribution in [0, 0.1) is 6.92 Å². The molecule has 0 aliphatic carbocycles. The molecule has 31 heavy (non-hydrogen) atoms. The molecular formula is C26H30N4O. The van der Waals surface area contributed by atoms with Crippen molar-refractivity contribution in [3.63, 3.8) is 0 Å². The van der Waals surface area contributed by atoms with Gasteiger partial charge < -0.3 is 4.90 Å². The van der Waals surface area contributed by atoms with Crippen molar-refractivity contribution in [2.24, 2.45) is 0 Å². The number of aromatic nitrogens is 3. The number of nitrogens with zero attached hydrogens (tertiary/aromatic N) is 4. The van der Waals surface area contributed by atoms with Crippen LogP contribution in [0.2, 0.25) is 0 Å². The van der Waals surface area contributed by atoms with Crippen LogP contribution in [-0.4, -0.2) is 38.8 Å². The number of hydrogen-bond donors (Lipinski definition) is 0. The molecule has 3 aromatic rings. The van der Waals surface area contributed by atoms with Gasteiger partial charge in [0.1, 0.15) is 5.82 Å². The Morgan fingerprint density at radius 1 is 1.06 bits per heavy atom. The minimum absolute atomic E-state index is 0.0975. The monoisotopic (exact) mass is 414 g/mol. The Hall–Kier alpha value is -3.08. The predicted molar refractivity (Wildman–Crippen MR) is 123 cm³/mol. The number of aryl methyl sites for hydroxylation is 1. The molecule has 1 aromatic carbocycles. The van der Waals surface area contributed by atoms with Gasteiger partial charge in [-0.15, -0.1) is 0 Å². The first-order valence-corrected chi connectivity index (χ1v) is 11.0. The molecule has 160 valence electrons. The van der Waals surface area contributed by atoms with Crippen LogP contribution in [0.25, 0.3) is 11.1 Å². The van der Waals surface area contributed by atoms with Crippen molar-refractivity contribution in [2.75, 3.05) is 13.1 Å². The summed E-state index contributed by atoms with van der Waals surface area (Å²) in [5.41, 5.74) is 4.90. The summed E-state index contributed by atoms with van der Waals surface area (Å²) in [5.74, 6) is 1.11. The molecule has 1 unspecified atom stereocenters. The third kappa shape index (κ3) is 4.66. The molecule has 1 atom stereocenters. The first kappa shape index (κ1) is 21.2. The first-order valence-electron chi connectivity index (χ1n) is 11.0. The number of carbonyl (C=O) groups is 1. The number of carbonyl (C=O) groups excluding carboxylic acids is 1. The Balaban J connectivity index is 1.68. The molecule has 2 aromatic heterocycles. The summed E-state index contributed by atoms with van der Waals surface area (Å²) in [6, 6.07) is 11.8. The zero-order chi connectivity index (χ0) is 22.0.